The van der Waals surface area contributed by atoms with E-state index in [0.29, 0.717) is 0 Å². The highest BCUT2D eigenvalue weighted by Crippen LogP contribution is 2.46. The van der Waals surface area contributed by atoms with Crippen LogP contribution in [0.2, 0.25) is 0 Å². The third kappa shape index (κ3) is 5.01. The number of nitrogens with zero attached hydrogens (tertiary/aromatic N) is 2. The summed E-state index contributed by atoms with van der Waals surface area (Å²) >= 11 is 1.88. The Labute approximate surface area is 349 Å². The second-order valence-electron chi connectivity index (χ2n) is 15.7. The highest BCUT2D eigenvalue weighted by Gasteiger charge is 2.22. The van der Waals surface area contributed by atoms with Crippen molar-refractivity contribution in [1.82, 2.24) is 4.57 Å². The molecule has 13 rings (SSSR count). The molecule has 0 saturated carbocycles. The van der Waals surface area contributed by atoms with Gasteiger partial charge in [0.2, 0.25) is 0 Å². The van der Waals surface area contributed by atoms with E-state index in [4.69, 9.17) is 4.42 Å². The molecule has 0 bridgehead atoms. The maximum atomic E-state index is 6.42. The fraction of sp³-hybridized carbons (Fsp3) is 0. The third-order valence-corrected chi connectivity index (χ3v) is 13.5. The van der Waals surface area contributed by atoms with Gasteiger partial charge in [0.15, 0.2) is 0 Å². The molecule has 0 unspecified atom stereocenters. The van der Waals surface area contributed by atoms with Crippen LogP contribution in [0.4, 0.5) is 17.1 Å². The van der Waals surface area contributed by atoms with Crippen molar-refractivity contribution < 1.29 is 4.42 Å². The van der Waals surface area contributed by atoms with E-state index >= 15 is 0 Å². The lowest BCUT2D eigenvalue weighted by atomic mass is 10.00. The van der Waals surface area contributed by atoms with Crippen molar-refractivity contribution in [2.24, 2.45) is 0 Å². The SMILES string of the molecule is c1ccc2cc(N(c3ccc(-c4cc(-n5c6ccccc6c6cc7ccccc7cc65)cc5c4sc4ccccc45)cc3)c3cccc4oc5ccccc5c34)ccc2c1. The third-order valence-electron chi connectivity index (χ3n) is 12.3. The Balaban J connectivity index is 1.04. The minimum atomic E-state index is 0.873. The van der Waals surface area contributed by atoms with Crippen LogP contribution in [0.25, 0.3) is 102 Å². The molecule has 13 aromatic rings. The summed E-state index contributed by atoms with van der Waals surface area (Å²) in [5.74, 6) is 0. The zero-order valence-corrected chi connectivity index (χ0v) is 33.2. The molecule has 280 valence electrons. The first-order chi connectivity index (χ1) is 29.7. The van der Waals surface area contributed by atoms with Gasteiger partial charge in [0.05, 0.1) is 22.1 Å². The van der Waals surface area contributed by atoms with Crippen LogP contribution in [-0.2, 0) is 0 Å². The highest BCUT2D eigenvalue weighted by atomic mass is 32.1. The van der Waals surface area contributed by atoms with Crippen molar-refractivity contribution in [1.29, 1.82) is 0 Å². The summed E-state index contributed by atoms with van der Waals surface area (Å²) in [5, 5.41) is 12.2. The molecule has 3 aromatic heterocycles. The molecule has 3 heterocycles. The van der Waals surface area contributed by atoms with E-state index in [-0.39, 0.29) is 0 Å². The quantitative estimate of drug-likeness (QED) is 0.173. The predicted molar refractivity (Wildman–Crippen MR) is 256 cm³/mol. The van der Waals surface area contributed by atoms with Gasteiger partial charge in [0, 0.05) is 59.0 Å². The molecule has 0 radical (unpaired) electrons. The van der Waals surface area contributed by atoms with Gasteiger partial charge in [-0.3, -0.25) is 0 Å². The van der Waals surface area contributed by atoms with E-state index in [1.54, 1.807) is 0 Å². The van der Waals surface area contributed by atoms with E-state index < -0.39 is 0 Å². The van der Waals surface area contributed by atoms with Crippen molar-refractivity contribution in [3.8, 4) is 16.8 Å². The van der Waals surface area contributed by atoms with Crippen molar-refractivity contribution in [3.05, 3.63) is 206 Å². The minimum Gasteiger partial charge on any atom is -0.456 e. The number of aromatic nitrogens is 1. The van der Waals surface area contributed by atoms with Crippen LogP contribution in [0.1, 0.15) is 0 Å². The van der Waals surface area contributed by atoms with Gasteiger partial charge >= 0.3 is 0 Å². The number of anilines is 3. The lowest BCUT2D eigenvalue weighted by Gasteiger charge is -2.27. The Morgan fingerprint density at radius 3 is 1.93 bits per heavy atom. The van der Waals surface area contributed by atoms with E-state index in [9.17, 15) is 0 Å². The molecule has 3 nitrogen and oxygen atoms in total. The molecule has 10 aromatic carbocycles. The zero-order valence-electron chi connectivity index (χ0n) is 32.3. The number of furan rings is 1. The zero-order chi connectivity index (χ0) is 39.3. The maximum Gasteiger partial charge on any atom is 0.137 e. The van der Waals surface area contributed by atoms with Crippen molar-refractivity contribution in [2.75, 3.05) is 4.90 Å². The minimum absolute atomic E-state index is 0.873. The van der Waals surface area contributed by atoms with Crippen LogP contribution in [0, 0.1) is 0 Å². The topological polar surface area (TPSA) is 21.3 Å². The molecule has 0 saturated heterocycles. The highest BCUT2D eigenvalue weighted by molar-refractivity contribution is 7.26. The maximum absolute atomic E-state index is 6.42. The smallest absolute Gasteiger partial charge is 0.137 e. The van der Waals surface area contributed by atoms with Gasteiger partial charge in [-0.25, -0.2) is 0 Å². The molecule has 0 aliphatic heterocycles. The fourth-order valence-corrected chi connectivity index (χ4v) is 10.8. The van der Waals surface area contributed by atoms with Crippen LogP contribution in [0.3, 0.4) is 0 Å². The van der Waals surface area contributed by atoms with E-state index in [2.05, 4.69) is 210 Å². The molecule has 0 aliphatic carbocycles. The van der Waals surface area contributed by atoms with Gasteiger partial charge in [-0.05, 0) is 106 Å². The van der Waals surface area contributed by atoms with E-state index in [1.165, 1.54) is 74.6 Å². The number of hydrogen-bond donors (Lipinski definition) is 0. The van der Waals surface area contributed by atoms with Gasteiger partial charge in [-0.15, -0.1) is 11.3 Å². The summed E-state index contributed by atoms with van der Waals surface area (Å²) in [4.78, 5) is 2.38. The normalized spacial score (nSPS) is 12.0. The first kappa shape index (κ1) is 33.3. The summed E-state index contributed by atoms with van der Waals surface area (Å²) in [6.45, 7) is 0. The molecule has 0 amide bonds. The first-order valence-corrected chi connectivity index (χ1v) is 21.2. The molecule has 0 N–H and O–H groups in total. The first-order valence-electron chi connectivity index (χ1n) is 20.4. The standard InChI is InChI=1S/C56H34N2OS/c1-2-13-37-30-41(29-24-35(37)12-1)57(50-20-11-22-53-55(50)45-18-6-9-21-52(45)59-53)40-27-25-36(26-28-40)46-33-42(34-48-44-17-7-10-23-54(44)60-56(46)48)58-49-19-8-5-16-43(49)47-31-38-14-3-4-15-39(38)32-51(47)58/h1-34H. The second kappa shape index (κ2) is 12.9. The van der Waals surface area contributed by atoms with Gasteiger partial charge in [0.1, 0.15) is 11.2 Å². The Morgan fingerprint density at radius 1 is 0.417 bits per heavy atom. The van der Waals surface area contributed by atoms with Gasteiger partial charge in [0.25, 0.3) is 0 Å². The van der Waals surface area contributed by atoms with Crippen molar-refractivity contribution in [3.63, 3.8) is 0 Å². The number of hydrogen-bond acceptors (Lipinski definition) is 3. The summed E-state index contributed by atoms with van der Waals surface area (Å²) in [5.41, 5.74) is 11.0. The molecule has 0 fully saturated rings. The average Bonchev–Trinajstić information content (AvgIpc) is 3.98. The Bertz CT molecular complexity index is 3850. The average molecular weight is 783 g/mol. The molecular weight excluding hydrogens is 749 g/mol. The van der Waals surface area contributed by atoms with E-state index in [0.717, 1.165) is 44.7 Å². The number of thiophene rings is 1. The Hall–Kier alpha value is -7.66. The number of rotatable bonds is 5. The fourth-order valence-electron chi connectivity index (χ4n) is 9.56. The molecular formula is C56H34N2OS. The number of para-hydroxylation sites is 2. The lowest BCUT2D eigenvalue weighted by molar-refractivity contribution is 0.669. The Morgan fingerprint density at radius 2 is 1.08 bits per heavy atom. The van der Waals surface area contributed by atoms with Crippen molar-refractivity contribution >= 4 is 114 Å². The largest absolute Gasteiger partial charge is 0.456 e. The monoisotopic (exact) mass is 782 g/mol. The molecule has 0 atom stereocenters. The predicted octanol–water partition coefficient (Wildman–Crippen LogP) is 16.5. The number of fused-ring (bicyclic) bond motifs is 11. The lowest BCUT2D eigenvalue weighted by Crippen LogP contribution is -2.10. The molecule has 4 heteroatoms. The summed E-state index contributed by atoms with van der Waals surface area (Å²) in [7, 11) is 0. The van der Waals surface area contributed by atoms with Crippen LogP contribution in [0.15, 0.2) is 211 Å². The summed E-state index contributed by atoms with van der Waals surface area (Å²) in [6.07, 6.45) is 0. The van der Waals surface area contributed by atoms with Gasteiger partial charge < -0.3 is 13.9 Å². The van der Waals surface area contributed by atoms with Crippen LogP contribution < -0.4 is 4.90 Å². The summed E-state index contributed by atoms with van der Waals surface area (Å²) < 4.78 is 11.5. The Kier molecular flexibility index (Phi) is 7.18. The van der Waals surface area contributed by atoms with Gasteiger partial charge in [-0.2, -0.15) is 0 Å². The second-order valence-corrected chi connectivity index (χ2v) is 16.8. The van der Waals surface area contributed by atoms with Crippen molar-refractivity contribution in [2.45, 2.75) is 0 Å². The van der Waals surface area contributed by atoms with Gasteiger partial charge in [-0.1, -0.05) is 127 Å². The summed E-state index contributed by atoms with van der Waals surface area (Å²) in [6, 6.07) is 75.1. The van der Waals surface area contributed by atoms with Crippen LogP contribution in [-0.4, -0.2) is 4.57 Å². The van der Waals surface area contributed by atoms with Crippen LogP contribution >= 0.6 is 11.3 Å². The molecule has 0 spiro atoms. The van der Waals surface area contributed by atoms with Crippen LogP contribution in [0.5, 0.6) is 0 Å². The number of benzene rings is 10. The molecule has 60 heavy (non-hydrogen) atoms. The molecule has 0 aliphatic rings. The van der Waals surface area contributed by atoms with E-state index in [1.807, 2.05) is 17.4 Å².